The SMILES string of the molecule is CC(=O)N1CCc2cc(C(O)CN3CCN(C4CCCCC4)C(=O)C3)ccc21. The summed E-state index contributed by atoms with van der Waals surface area (Å²) in [5, 5.41) is 10.7. The summed E-state index contributed by atoms with van der Waals surface area (Å²) < 4.78 is 0. The molecule has 2 aliphatic heterocycles. The van der Waals surface area contributed by atoms with Crippen LogP contribution in [0.5, 0.6) is 0 Å². The number of nitrogens with zero attached hydrogens (tertiary/aromatic N) is 3. The van der Waals surface area contributed by atoms with Gasteiger partial charge < -0.3 is 14.9 Å². The molecule has 0 bridgehead atoms. The van der Waals surface area contributed by atoms with E-state index in [9.17, 15) is 14.7 Å². The van der Waals surface area contributed by atoms with E-state index in [0.29, 0.717) is 25.7 Å². The molecule has 1 saturated heterocycles. The normalized spacial score (nSPS) is 22.4. The van der Waals surface area contributed by atoms with Crippen LogP contribution in [-0.4, -0.2) is 65.5 Å². The second kappa shape index (κ2) is 8.21. The minimum atomic E-state index is -0.620. The lowest BCUT2D eigenvalue weighted by Crippen LogP contribution is -2.54. The largest absolute Gasteiger partial charge is 0.387 e. The minimum absolute atomic E-state index is 0.0568. The van der Waals surface area contributed by atoms with E-state index in [1.807, 2.05) is 18.2 Å². The Labute approximate surface area is 167 Å². The molecule has 6 nitrogen and oxygen atoms in total. The Hall–Kier alpha value is -1.92. The van der Waals surface area contributed by atoms with Gasteiger partial charge in [-0.25, -0.2) is 0 Å². The fraction of sp³-hybridized carbons (Fsp3) is 0.636. The third kappa shape index (κ3) is 3.94. The van der Waals surface area contributed by atoms with Crippen LogP contribution >= 0.6 is 0 Å². The minimum Gasteiger partial charge on any atom is -0.387 e. The van der Waals surface area contributed by atoms with Gasteiger partial charge in [0.2, 0.25) is 11.8 Å². The third-order valence-corrected chi connectivity index (χ3v) is 6.55. The summed E-state index contributed by atoms with van der Waals surface area (Å²) in [6.45, 7) is 4.76. The van der Waals surface area contributed by atoms with Crippen molar-refractivity contribution in [3.63, 3.8) is 0 Å². The molecule has 6 heteroatoms. The maximum atomic E-state index is 12.6. The number of anilines is 1. The van der Waals surface area contributed by atoms with Crippen LogP contribution in [-0.2, 0) is 16.0 Å². The Bertz CT molecular complexity index is 745. The second-order valence-electron chi connectivity index (χ2n) is 8.44. The highest BCUT2D eigenvalue weighted by Gasteiger charge is 2.31. The molecule has 0 spiro atoms. The van der Waals surface area contributed by atoms with Gasteiger partial charge in [0.1, 0.15) is 0 Å². The summed E-state index contributed by atoms with van der Waals surface area (Å²) in [5.74, 6) is 0.262. The molecule has 1 aliphatic carbocycles. The standard InChI is InChI=1S/C22H31N3O3/c1-16(26)24-10-9-17-13-18(7-8-20(17)24)21(27)14-23-11-12-25(22(28)15-23)19-5-3-2-4-6-19/h7-8,13,19,21,27H,2-6,9-12,14-15H2,1H3. The van der Waals surface area contributed by atoms with Crippen LogP contribution in [0.25, 0.3) is 0 Å². The smallest absolute Gasteiger partial charge is 0.237 e. The lowest BCUT2D eigenvalue weighted by atomic mass is 9.93. The van der Waals surface area contributed by atoms with E-state index < -0.39 is 6.10 Å². The quantitative estimate of drug-likeness (QED) is 0.862. The Morgan fingerprint density at radius 2 is 1.96 bits per heavy atom. The van der Waals surface area contributed by atoms with E-state index in [4.69, 9.17) is 0 Å². The molecule has 1 unspecified atom stereocenters. The molecule has 3 aliphatic rings. The number of β-amino-alcohol motifs (C(OH)–C–C–N with tert-alkyl or cyclic N) is 1. The first-order chi connectivity index (χ1) is 13.5. The Morgan fingerprint density at radius 3 is 2.68 bits per heavy atom. The molecule has 4 rings (SSSR count). The predicted octanol–water partition coefficient (Wildman–Crippen LogP) is 2.11. The average Bonchev–Trinajstić information content (AvgIpc) is 3.12. The van der Waals surface area contributed by atoms with Crippen LogP contribution in [0.4, 0.5) is 5.69 Å². The highest BCUT2D eigenvalue weighted by molar-refractivity contribution is 5.93. The fourth-order valence-corrected chi connectivity index (χ4v) is 4.98. The summed E-state index contributed by atoms with van der Waals surface area (Å²) in [6.07, 6.45) is 6.25. The van der Waals surface area contributed by atoms with Crippen LogP contribution in [0.3, 0.4) is 0 Å². The number of aliphatic hydroxyl groups is 1. The zero-order valence-corrected chi connectivity index (χ0v) is 16.8. The van der Waals surface area contributed by atoms with E-state index in [1.165, 1.54) is 19.3 Å². The molecule has 1 aromatic rings. The molecule has 2 amide bonds. The van der Waals surface area contributed by atoms with E-state index >= 15 is 0 Å². The van der Waals surface area contributed by atoms with Gasteiger partial charge in [0.05, 0.1) is 12.6 Å². The van der Waals surface area contributed by atoms with Crippen molar-refractivity contribution in [1.82, 2.24) is 9.80 Å². The van der Waals surface area contributed by atoms with Crippen molar-refractivity contribution in [3.8, 4) is 0 Å². The van der Waals surface area contributed by atoms with Crippen LogP contribution in [0, 0.1) is 0 Å². The monoisotopic (exact) mass is 385 g/mol. The van der Waals surface area contributed by atoms with Crippen molar-refractivity contribution in [2.75, 3.05) is 37.6 Å². The molecular formula is C22H31N3O3. The number of carbonyl (C=O) groups excluding carboxylic acids is 2. The van der Waals surface area contributed by atoms with E-state index in [2.05, 4.69) is 9.80 Å². The van der Waals surface area contributed by atoms with Crippen molar-refractivity contribution in [2.24, 2.45) is 0 Å². The average molecular weight is 386 g/mol. The molecule has 1 N–H and O–H groups in total. The van der Waals surface area contributed by atoms with Gasteiger partial charge in [0, 0.05) is 44.8 Å². The number of hydrogen-bond donors (Lipinski definition) is 1. The van der Waals surface area contributed by atoms with E-state index in [-0.39, 0.29) is 11.8 Å². The summed E-state index contributed by atoms with van der Waals surface area (Å²) in [4.78, 5) is 30.3. The zero-order chi connectivity index (χ0) is 19.7. The molecular weight excluding hydrogens is 354 g/mol. The molecule has 152 valence electrons. The van der Waals surface area contributed by atoms with Gasteiger partial charge in [-0.15, -0.1) is 0 Å². The van der Waals surface area contributed by atoms with Gasteiger partial charge in [-0.1, -0.05) is 31.4 Å². The van der Waals surface area contributed by atoms with E-state index in [0.717, 1.165) is 49.2 Å². The predicted molar refractivity (Wildman–Crippen MR) is 108 cm³/mol. The molecule has 1 atom stereocenters. The second-order valence-corrected chi connectivity index (χ2v) is 8.44. The maximum Gasteiger partial charge on any atom is 0.237 e. The van der Waals surface area contributed by atoms with Crippen LogP contribution in [0.1, 0.15) is 56.3 Å². The molecule has 28 heavy (non-hydrogen) atoms. The summed E-state index contributed by atoms with van der Waals surface area (Å²) >= 11 is 0. The van der Waals surface area contributed by atoms with Crippen LogP contribution in [0.15, 0.2) is 18.2 Å². The number of rotatable bonds is 4. The summed E-state index contributed by atoms with van der Waals surface area (Å²) in [7, 11) is 0. The summed E-state index contributed by atoms with van der Waals surface area (Å²) in [6, 6.07) is 6.29. The number of aliphatic hydroxyl groups excluding tert-OH is 1. The highest BCUT2D eigenvalue weighted by atomic mass is 16.3. The Balaban J connectivity index is 1.35. The first kappa shape index (κ1) is 19.4. The highest BCUT2D eigenvalue weighted by Crippen LogP contribution is 2.31. The molecule has 2 heterocycles. The number of amides is 2. The van der Waals surface area contributed by atoms with Gasteiger partial charge >= 0.3 is 0 Å². The maximum absolute atomic E-state index is 12.6. The van der Waals surface area contributed by atoms with Gasteiger partial charge in [-0.2, -0.15) is 0 Å². The Kier molecular flexibility index (Phi) is 5.69. The van der Waals surface area contributed by atoms with Crippen molar-refractivity contribution in [3.05, 3.63) is 29.3 Å². The zero-order valence-electron chi connectivity index (χ0n) is 16.8. The van der Waals surface area contributed by atoms with Crippen LogP contribution in [0.2, 0.25) is 0 Å². The molecule has 1 aromatic carbocycles. The van der Waals surface area contributed by atoms with Crippen LogP contribution < -0.4 is 4.90 Å². The Morgan fingerprint density at radius 1 is 1.18 bits per heavy atom. The van der Waals surface area contributed by atoms with Gasteiger partial charge in [-0.05, 0) is 36.5 Å². The van der Waals surface area contributed by atoms with Gasteiger partial charge in [0.15, 0.2) is 0 Å². The van der Waals surface area contributed by atoms with Gasteiger partial charge in [0.25, 0.3) is 0 Å². The van der Waals surface area contributed by atoms with Crippen molar-refractivity contribution in [1.29, 1.82) is 0 Å². The number of hydrogen-bond acceptors (Lipinski definition) is 4. The number of carbonyl (C=O) groups is 2. The lowest BCUT2D eigenvalue weighted by Gasteiger charge is -2.41. The van der Waals surface area contributed by atoms with Crippen molar-refractivity contribution >= 4 is 17.5 Å². The number of benzene rings is 1. The first-order valence-corrected chi connectivity index (χ1v) is 10.6. The molecule has 0 radical (unpaired) electrons. The number of fused-ring (bicyclic) bond motifs is 1. The topological polar surface area (TPSA) is 64.1 Å². The molecule has 0 aromatic heterocycles. The third-order valence-electron chi connectivity index (χ3n) is 6.55. The number of piperazine rings is 1. The fourth-order valence-electron chi connectivity index (χ4n) is 4.98. The lowest BCUT2D eigenvalue weighted by molar-refractivity contribution is -0.140. The van der Waals surface area contributed by atoms with Gasteiger partial charge in [-0.3, -0.25) is 14.5 Å². The first-order valence-electron chi connectivity index (χ1n) is 10.6. The molecule has 2 fully saturated rings. The summed E-state index contributed by atoms with van der Waals surface area (Å²) in [5.41, 5.74) is 2.94. The van der Waals surface area contributed by atoms with Crippen molar-refractivity contribution in [2.45, 2.75) is 57.6 Å². The molecule has 1 saturated carbocycles. The van der Waals surface area contributed by atoms with Crippen molar-refractivity contribution < 1.29 is 14.7 Å². The van der Waals surface area contributed by atoms with E-state index in [1.54, 1.807) is 11.8 Å².